The number of thiophene rings is 1. The Bertz CT molecular complexity index is 445. The number of anilines is 2. The molecule has 0 spiro atoms. The first-order valence-electron chi connectivity index (χ1n) is 6.94. The van der Waals surface area contributed by atoms with E-state index in [0.29, 0.717) is 11.7 Å². The second kappa shape index (κ2) is 4.92. The van der Waals surface area contributed by atoms with E-state index in [4.69, 9.17) is 5.73 Å². The van der Waals surface area contributed by atoms with Gasteiger partial charge in [0.25, 0.3) is 0 Å². The van der Waals surface area contributed by atoms with Gasteiger partial charge in [-0.2, -0.15) is 0 Å². The first-order valence-corrected chi connectivity index (χ1v) is 7.76. The van der Waals surface area contributed by atoms with Crippen LogP contribution in [-0.2, 0) is 0 Å². The fraction of sp³-hybridized carbons (Fsp3) is 0.643. The summed E-state index contributed by atoms with van der Waals surface area (Å²) in [5.74, 6) is 0.516. The highest BCUT2D eigenvalue weighted by atomic mass is 32.1. The van der Waals surface area contributed by atoms with Gasteiger partial charge < -0.3 is 11.1 Å². The van der Waals surface area contributed by atoms with E-state index in [2.05, 4.69) is 5.32 Å². The van der Waals surface area contributed by atoms with Crippen molar-refractivity contribution in [3.8, 4) is 0 Å². The minimum absolute atomic E-state index is 0.258. The summed E-state index contributed by atoms with van der Waals surface area (Å²) in [6, 6.07) is 2.51. The summed E-state index contributed by atoms with van der Waals surface area (Å²) in [4.78, 5) is 12.8. The molecule has 3 rings (SSSR count). The molecule has 1 aromatic rings. The van der Waals surface area contributed by atoms with E-state index in [1.54, 1.807) is 11.3 Å². The molecule has 2 aliphatic carbocycles. The van der Waals surface area contributed by atoms with E-state index >= 15 is 0 Å². The van der Waals surface area contributed by atoms with Crippen LogP contribution in [0.15, 0.2) is 6.07 Å². The average molecular weight is 264 g/mol. The van der Waals surface area contributed by atoms with E-state index in [-0.39, 0.29) is 11.7 Å². The molecule has 0 bridgehead atoms. The lowest BCUT2D eigenvalue weighted by atomic mass is 9.96. The molecule has 2 fully saturated rings. The molecule has 3 N–H and O–H groups in total. The van der Waals surface area contributed by atoms with Crippen LogP contribution in [0.25, 0.3) is 0 Å². The van der Waals surface area contributed by atoms with Crippen molar-refractivity contribution in [2.24, 2.45) is 5.92 Å². The SMILES string of the molecule is Nc1cc(NC2CCCCC2)sc1C(=O)C1CC1. The maximum atomic E-state index is 12.0. The molecule has 3 nitrogen and oxygen atoms in total. The number of rotatable bonds is 4. The number of Topliss-reactive ketones (excluding diaryl/α,β-unsaturated/α-hetero) is 1. The van der Waals surface area contributed by atoms with Gasteiger partial charge in [0.05, 0.1) is 15.6 Å². The predicted molar refractivity (Wildman–Crippen MR) is 76.3 cm³/mol. The zero-order valence-corrected chi connectivity index (χ0v) is 11.4. The molecule has 0 atom stereocenters. The molecule has 4 heteroatoms. The predicted octanol–water partition coefficient (Wildman–Crippen LogP) is 3.67. The molecule has 0 radical (unpaired) electrons. The fourth-order valence-corrected chi connectivity index (χ4v) is 3.72. The van der Waals surface area contributed by atoms with Gasteiger partial charge in [0.2, 0.25) is 0 Å². The average Bonchev–Trinajstić information content (AvgIpc) is 3.15. The Morgan fingerprint density at radius 1 is 1.22 bits per heavy atom. The molecule has 1 heterocycles. The number of nitrogens with two attached hydrogens (primary N) is 1. The number of carbonyl (C=O) groups excluding carboxylic acids is 1. The first-order chi connectivity index (χ1) is 8.74. The smallest absolute Gasteiger partial charge is 0.178 e. The first kappa shape index (κ1) is 12.0. The van der Waals surface area contributed by atoms with Gasteiger partial charge in [0.15, 0.2) is 5.78 Å². The van der Waals surface area contributed by atoms with Crippen LogP contribution in [0.4, 0.5) is 10.7 Å². The Hall–Kier alpha value is -1.03. The third kappa shape index (κ3) is 2.53. The summed E-state index contributed by atoms with van der Waals surface area (Å²) in [6.07, 6.45) is 8.55. The fourth-order valence-electron chi connectivity index (χ4n) is 2.65. The minimum atomic E-state index is 0.258. The summed E-state index contributed by atoms with van der Waals surface area (Å²) in [5.41, 5.74) is 6.62. The lowest BCUT2D eigenvalue weighted by molar-refractivity contribution is 0.0972. The molecule has 0 saturated heterocycles. The van der Waals surface area contributed by atoms with Gasteiger partial charge in [-0.25, -0.2) is 0 Å². The van der Waals surface area contributed by atoms with Gasteiger partial charge in [-0.15, -0.1) is 11.3 Å². The number of hydrogen-bond acceptors (Lipinski definition) is 4. The van der Waals surface area contributed by atoms with Crippen LogP contribution in [0.1, 0.15) is 54.6 Å². The Balaban J connectivity index is 1.69. The molecule has 0 amide bonds. The molecular weight excluding hydrogens is 244 g/mol. The Labute approximate surface area is 112 Å². The summed E-state index contributed by atoms with van der Waals surface area (Å²) >= 11 is 1.54. The maximum absolute atomic E-state index is 12.0. The van der Waals surface area contributed by atoms with Crippen molar-refractivity contribution in [2.75, 3.05) is 11.1 Å². The van der Waals surface area contributed by atoms with Gasteiger partial charge in [0.1, 0.15) is 0 Å². The molecule has 0 unspecified atom stereocenters. The lowest BCUT2D eigenvalue weighted by Gasteiger charge is -2.22. The summed E-state index contributed by atoms with van der Waals surface area (Å²) in [5, 5.41) is 4.62. The third-order valence-electron chi connectivity index (χ3n) is 3.88. The second-order valence-electron chi connectivity index (χ2n) is 5.51. The van der Waals surface area contributed by atoms with E-state index in [1.807, 2.05) is 6.07 Å². The van der Waals surface area contributed by atoms with Gasteiger partial charge >= 0.3 is 0 Å². The third-order valence-corrected chi connectivity index (χ3v) is 4.98. The molecule has 2 saturated carbocycles. The van der Waals surface area contributed by atoms with Crippen LogP contribution >= 0.6 is 11.3 Å². The molecule has 2 aliphatic rings. The van der Waals surface area contributed by atoms with Gasteiger partial charge in [-0.3, -0.25) is 4.79 Å². The van der Waals surface area contributed by atoms with Gasteiger partial charge in [-0.05, 0) is 31.7 Å². The number of nitrogen functional groups attached to an aromatic ring is 1. The Morgan fingerprint density at radius 3 is 2.61 bits per heavy atom. The van der Waals surface area contributed by atoms with Crippen LogP contribution in [0.3, 0.4) is 0 Å². The molecule has 0 aliphatic heterocycles. The van der Waals surface area contributed by atoms with Crippen LogP contribution in [0, 0.1) is 5.92 Å². The van der Waals surface area contributed by atoms with E-state index < -0.39 is 0 Å². The number of ketones is 1. The number of hydrogen-bond donors (Lipinski definition) is 2. The normalized spacial score (nSPS) is 20.9. The van der Waals surface area contributed by atoms with E-state index in [0.717, 1.165) is 22.7 Å². The highest BCUT2D eigenvalue weighted by molar-refractivity contribution is 7.18. The zero-order chi connectivity index (χ0) is 12.5. The highest BCUT2D eigenvalue weighted by Crippen LogP contribution is 2.39. The van der Waals surface area contributed by atoms with Crippen LogP contribution in [0.5, 0.6) is 0 Å². The van der Waals surface area contributed by atoms with Gasteiger partial charge in [-0.1, -0.05) is 19.3 Å². The largest absolute Gasteiger partial charge is 0.397 e. The summed E-state index contributed by atoms with van der Waals surface area (Å²) in [7, 11) is 0. The van der Waals surface area contributed by atoms with Crippen LogP contribution < -0.4 is 11.1 Å². The standard InChI is InChI=1S/C14H20N2OS/c15-11-8-12(16-10-4-2-1-3-5-10)18-14(11)13(17)9-6-7-9/h8-10,16H,1-7,15H2. The quantitative estimate of drug-likeness (QED) is 0.816. The van der Waals surface area contributed by atoms with Gasteiger partial charge in [0, 0.05) is 12.0 Å². The molecule has 98 valence electrons. The Morgan fingerprint density at radius 2 is 1.94 bits per heavy atom. The molecule has 0 aromatic carbocycles. The summed E-state index contributed by atoms with van der Waals surface area (Å²) < 4.78 is 0. The zero-order valence-electron chi connectivity index (χ0n) is 10.6. The minimum Gasteiger partial charge on any atom is -0.397 e. The Kier molecular flexibility index (Phi) is 3.29. The maximum Gasteiger partial charge on any atom is 0.178 e. The van der Waals surface area contributed by atoms with E-state index in [9.17, 15) is 4.79 Å². The molecule has 1 aromatic heterocycles. The monoisotopic (exact) mass is 264 g/mol. The van der Waals surface area contributed by atoms with Crippen molar-refractivity contribution in [1.29, 1.82) is 0 Å². The highest BCUT2D eigenvalue weighted by Gasteiger charge is 2.32. The van der Waals surface area contributed by atoms with Crippen LogP contribution in [0.2, 0.25) is 0 Å². The topological polar surface area (TPSA) is 55.1 Å². The van der Waals surface area contributed by atoms with E-state index in [1.165, 1.54) is 32.1 Å². The van der Waals surface area contributed by atoms with Crippen molar-refractivity contribution in [3.05, 3.63) is 10.9 Å². The van der Waals surface area contributed by atoms with Crippen molar-refractivity contribution in [2.45, 2.75) is 51.0 Å². The van der Waals surface area contributed by atoms with Crippen molar-refractivity contribution in [3.63, 3.8) is 0 Å². The summed E-state index contributed by atoms with van der Waals surface area (Å²) in [6.45, 7) is 0. The van der Waals surface area contributed by atoms with Crippen LogP contribution in [-0.4, -0.2) is 11.8 Å². The lowest BCUT2D eigenvalue weighted by Crippen LogP contribution is -2.21. The van der Waals surface area contributed by atoms with Crippen molar-refractivity contribution >= 4 is 27.8 Å². The second-order valence-corrected chi connectivity index (χ2v) is 6.57. The van der Waals surface area contributed by atoms with Crippen molar-refractivity contribution in [1.82, 2.24) is 0 Å². The number of nitrogens with one attached hydrogen (secondary N) is 1. The van der Waals surface area contributed by atoms with Crippen molar-refractivity contribution < 1.29 is 4.79 Å². The molecular formula is C14H20N2OS. The molecule has 18 heavy (non-hydrogen) atoms. The number of carbonyl (C=O) groups is 1.